The number of nitrogens with zero attached hydrogens (tertiary/aromatic N) is 1. The Morgan fingerprint density at radius 3 is 2.57 bits per heavy atom. The van der Waals surface area contributed by atoms with E-state index in [-0.39, 0.29) is 35.3 Å². The Hall–Kier alpha value is -2.73. The largest absolute Gasteiger partial charge is 0.349 e. The van der Waals surface area contributed by atoms with E-state index in [1.54, 1.807) is 13.1 Å². The monoisotopic (exact) mass is 407 g/mol. The van der Waals surface area contributed by atoms with Crippen LogP contribution in [-0.2, 0) is 6.54 Å². The second-order valence-corrected chi connectivity index (χ2v) is 9.09. The summed E-state index contributed by atoms with van der Waals surface area (Å²) in [4.78, 5) is 38.1. The zero-order valence-corrected chi connectivity index (χ0v) is 17.6. The zero-order valence-electron chi connectivity index (χ0n) is 17.6. The highest BCUT2D eigenvalue weighted by atomic mass is 16.2. The Kier molecular flexibility index (Phi) is 5.36. The molecule has 6 heteroatoms. The predicted molar refractivity (Wildman–Crippen MR) is 116 cm³/mol. The molecule has 158 valence electrons. The summed E-state index contributed by atoms with van der Waals surface area (Å²) in [6.07, 6.45) is 5.77. The molecule has 1 heterocycles. The van der Waals surface area contributed by atoms with Gasteiger partial charge >= 0.3 is 0 Å². The summed E-state index contributed by atoms with van der Waals surface area (Å²) in [7, 11) is 0. The van der Waals surface area contributed by atoms with Crippen molar-refractivity contribution in [1.82, 2.24) is 9.88 Å². The maximum Gasteiger partial charge on any atom is 0.261 e. The molecule has 0 atom stereocenters. The van der Waals surface area contributed by atoms with Crippen LogP contribution >= 0.6 is 0 Å². The molecule has 6 nitrogen and oxygen atoms in total. The second-order valence-electron chi connectivity index (χ2n) is 9.09. The lowest BCUT2D eigenvalue weighted by molar-refractivity contribution is -0.0159. The normalized spacial score (nSPS) is 24.8. The number of carbonyl (C=O) groups is 2. The van der Waals surface area contributed by atoms with Crippen molar-refractivity contribution in [1.29, 1.82) is 0 Å². The van der Waals surface area contributed by atoms with Crippen LogP contribution < -0.4 is 16.6 Å². The molecule has 2 saturated carbocycles. The van der Waals surface area contributed by atoms with Crippen LogP contribution in [0.5, 0.6) is 0 Å². The molecule has 3 N–H and O–H groups in total. The van der Waals surface area contributed by atoms with E-state index in [0.29, 0.717) is 23.6 Å². The summed E-state index contributed by atoms with van der Waals surface area (Å²) in [6.45, 7) is 4.02. The average molecular weight is 408 g/mol. The molecule has 0 aliphatic heterocycles. The molecule has 2 aliphatic rings. The van der Waals surface area contributed by atoms with Gasteiger partial charge in [0.25, 0.3) is 11.5 Å². The SMILES string of the molecule is CCC(=O)c1cc(C(=O)NC2CC3(CC(N)C3)C2)cn(Cc2cccc(C)c2)c1=O. The third-order valence-corrected chi connectivity index (χ3v) is 6.49. The lowest BCUT2D eigenvalue weighted by atomic mass is 9.52. The summed E-state index contributed by atoms with van der Waals surface area (Å²) in [6, 6.07) is 9.74. The topological polar surface area (TPSA) is 94.2 Å². The first-order valence-electron chi connectivity index (χ1n) is 10.7. The van der Waals surface area contributed by atoms with Gasteiger partial charge in [0, 0.05) is 24.7 Å². The van der Waals surface area contributed by atoms with Crippen molar-refractivity contribution in [2.45, 2.75) is 64.6 Å². The van der Waals surface area contributed by atoms with Crippen LogP contribution in [0.4, 0.5) is 0 Å². The van der Waals surface area contributed by atoms with Gasteiger partial charge < -0.3 is 15.6 Å². The summed E-state index contributed by atoms with van der Waals surface area (Å²) < 4.78 is 1.47. The Balaban J connectivity index is 1.56. The average Bonchev–Trinajstić information content (AvgIpc) is 2.66. The van der Waals surface area contributed by atoms with Crippen molar-refractivity contribution in [2.75, 3.05) is 0 Å². The number of amides is 1. The van der Waals surface area contributed by atoms with E-state index < -0.39 is 0 Å². The maximum atomic E-state index is 12.9. The van der Waals surface area contributed by atoms with Crippen LogP contribution in [0.3, 0.4) is 0 Å². The van der Waals surface area contributed by atoms with Gasteiger partial charge in [0.15, 0.2) is 5.78 Å². The van der Waals surface area contributed by atoms with Crippen molar-refractivity contribution in [3.05, 3.63) is 69.1 Å². The fraction of sp³-hybridized carbons (Fsp3) is 0.458. The van der Waals surface area contributed by atoms with Crippen LogP contribution in [0.1, 0.15) is 70.9 Å². The quantitative estimate of drug-likeness (QED) is 0.720. The molecular formula is C24H29N3O3. The van der Waals surface area contributed by atoms with Gasteiger partial charge in [0.05, 0.1) is 17.7 Å². The van der Waals surface area contributed by atoms with E-state index in [2.05, 4.69) is 5.32 Å². The number of ketones is 1. The molecule has 0 radical (unpaired) electrons. The highest BCUT2D eigenvalue weighted by Gasteiger charge is 2.52. The lowest BCUT2D eigenvalue weighted by Crippen LogP contribution is -2.59. The van der Waals surface area contributed by atoms with E-state index in [4.69, 9.17) is 5.73 Å². The third kappa shape index (κ3) is 3.97. The van der Waals surface area contributed by atoms with Crippen molar-refractivity contribution in [3.63, 3.8) is 0 Å². The summed E-state index contributed by atoms with van der Waals surface area (Å²) in [5.74, 6) is -0.486. The first-order valence-corrected chi connectivity index (χ1v) is 10.7. The first-order chi connectivity index (χ1) is 14.3. The van der Waals surface area contributed by atoms with Crippen molar-refractivity contribution >= 4 is 11.7 Å². The van der Waals surface area contributed by atoms with E-state index in [1.807, 2.05) is 31.2 Å². The lowest BCUT2D eigenvalue weighted by Gasteiger charge is -2.57. The molecule has 4 rings (SSSR count). The van der Waals surface area contributed by atoms with Crippen LogP contribution in [0.25, 0.3) is 0 Å². The van der Waals surface area contributed by atoms with Gasteiger partial charge in [0.1, 0.15) is 0 Å². The Morgan fingerprint density at radius 2 is 1.93 bits per heavy atom. The van der Waals surface area contributed by atoms with Crippen molar-refractivity contribution in [3.8, 4) is 0 Å². The predicted octanol–water partition coefficient (Wildman–Crippen LogP) is 2.80. The zero-order chi connectivity index (χ0) is 21.5. The van der Waals surface area contributed by atoms with Crippen LogP contribution in [-0.4, -0.2) is 28.3 Å². The number of aryl methyl sites for hydroxylation is 1. The molecule has 0 bridgehead atoms. The van der Waals surface area contributed by atoms with Gasteiger partial charge in [-0.15, -0.1) is 0 Å². The molecule has 2 aliphatic carbocycles. The molecular weight excluding hydrogens is 378 g/mol. The van der Waals surface area contributed by atoms with Gasteiger partial charge in [-0.2, -0.15) is 0 Å². The van der Waals surface area contributed by atoms with E-state index >= 15 is 0 Å². The summed E-state index contributed by atoms with van der Waals surface area (Å²) in [5, 5.41) is 3.07. The van der Waals surface area contributed by atoms with Gasteiger partial charge in [-0.3, -0.25) is 14.4 Å². The number of hydrogen-bond donors (Lipinski definition) is 2. The number of rotatable bonds is 6. The minimum atomic E-state index is -0.356. The molecule has 1 amide bonds. The third-order valence-electron chi connectivity index (χ3n) is 6.49. The van der Waals surface area contributed by atoms with E-state index in [0.717, 1.165) is 36.8 Å². The summed E-state index contributed by atoms with van der Waals surface area (Å²) in [5.41, 5.74) is 8.35. The molecule has 1 aromatic carbocycles. The molecule has 0 unspecified atom stereocenters. The molecule has 0 saturated heterocycles. The fourth-order valence-electron chi connectivity index (χ4n) is 5.02. The number of aromatic nitrogens is 1. The maximum absolute atomic E-state index is 12.9. The number of hydrogen-bond acceptors (Lipinski definition) is 4. The number of Topliss-reactive ketones (excluding diaryl/α,β-unsaturated/α-hetero) is 1. The van der Waals surface area contributed by atoms with Crippen molar-refractivity contribution in [2.24, 2.45) is 11.1 Å². The first kappa shape index (κ1) is 20.5. The Labute approximate surface area is 176 Å². The number of nitrogens with two attached hydrogens (primary N) is 1. The highest BCUT2D eigenvalue weighted by Crippen LogP contribution is 2.55. The standard InChI is InChI=1S/C24H29N3O3/c1-3-21(28)20-8-17(22(29)26-19-11-24(12-19)9-18(25)10-24)14-27(23(20)30)13-16-6-4-5-15(2)7-16/h4-8,14,18-19H,3,9-13,25H2,1-2H3,(H,26,29). The molecule has 1 aromatic heterocycles. The van der Waals surface area contributed by atoms with Crippen molar-refractivity contribution < 1.29 is 9.59 Å². The van der Waals surface area contributed by atoms with Crippen LogP contribution in [0.15, 0.2) is 41.3 Å². The van der Waals surface area contributed by atoms with Gasteiger partial charge in [-0.1, -0.05) is 36.8 Å². The number of nitrogens with one attached hydrogen (secondary N) is 1. The number of carbonyl (C=O) groups excluding carboxylic acids is 2. The summed E-state index contributed by atoms with van der Waals surface area (Å²) >= 11 is 0. The highest BCUT2D eigenvalue weighted by molar-refractivity contribution is 6.00. The molecule has 2 aromatic rings. The minimum absolute atomic E-state index is 0.0767. The molecule has 2 fully saturated rings. The second kappa shape index (κ2) is 7.84. The van der Waals surface area contributed by atoms with E-state index in [9.17, 15) is 14.4 Å². The smallest absolute Gasteiger partial charge is 0.261 e. The minimum Gasteiger partial charge on any atom is -0.349 e. The number of benzene rings is 1. The fourth-order valence-corrected chi connectivity index (χ4v) is 5.02. The van der Waals surface area contributed by atoms with Gasteiger partial charge in [-0.05, 0) is 49.7 Å². The molecule has 30 heavy (non-hydrogen) atoms. The van der Waals surface area contributed by atoms with Gasteiger partial charge in [-0.25, -0.2) is 0 Å². The van der Waals surface area contributed by atoms with Gasteiger partial charge in [0.2, 0.25) is 0 Å². The van der Waals surface area contributed by atoms with Crippen LogP contribution in [0, 0.1) is 12.3 Å². The van der Waals surface area contributed by atoms with E-state index in [1.165, 1.54) is 10.6 Å². The molecule has 1 spiro atoms. The van der Waals surface area contributed by atoms with Crippen LogP contribution in [0.2, 0.25) is 0 Å². The Morgan fingerprint density at radius 1 is 1.20 bits per heavy atom. The number of pyridine rings is 1. The Bertz CT molecular complexity index is 1040.